The third-order valence-electron chi connectivity index (χ3n) is 2.69. The predicted octanol–water partition coefficient (Wildman–Crippen LogP) is 4.92. The number of carbonyl (C=O) groups is 1. The number of rotatable bonds is 3. The average molecular weight is 326 g/mol. The van der Waals surface area contributed by atoms with Crippen molar-refractivity contribution in [3.05, 3.63) is 52.0 Å². The Labute approximate surface area is 132 Å². The molecule has 0 fully saturated rings. The van der Waals surface area contributed by atoms with E-state index in [0.717, 1.165) is 5.56 Å². The van der Waals surface area contributed by atoms with E-state index in [1.165, 1.54) is 13.2 Å². The third-order valence-corrected chi connectivity index (χ3v) is 3.23. The lowest BCUT2D eigenvalue weighted by Crippen LogP contribution is -2.17. The van der Waals surface area contributed by atoms with Crippen LogP contribution in [0.1, 0.15) is 5.56 Å². The largest absolute Gasteiger partial charge is 0.495 e. The molecule has 0 atom stereocenters. The first-order valence-corrected chi connectivity index (χ1v) is 6.83. The molecule has 2 rings (SSSR count). The zero-order valence-corrected chi connectivity index (χ0v) is 13.0. The highest BCUT2D eigenvalue weighted by molar-refractivity contribution is 6.34. The van der Waals surface area contributed by atoms with Crippen LogP contribution in [-0.4, -0.2) is 13.2 Å². The van der Waals surface area contributed by atoms with E-state index >= 15 is 0 Å². The summed E-state index contributed by atoms with van der Waals surface area (Å²) in [6, 6.07) is 10.1. The van der Waals surface area contributed by atoms with E-state index in [1.54, 1.807) is 24.3 Å². The van der Waals surface area contributed by atoms with Gasteiger partial charge in [-0.15, -0.1) is 0 Å². The Kier molecular flexibility index (Phi) is 4.94. The molecule has 4 nitrogen and oxygen atoms in total. The van der Waals surface area contributed by atoms with Gasteiger partial charge in [0.15, 0.2) is 5.75 Å². The smallest absolute Gasteiger partial charge is 0.417 e. The van der Waals surface area contributed by atoms with Crippen molar-refractivity contribution in [3.63, 3.8) is 0 Å². The molecule has 1 N–H and O–H groups in total. The van der Waals surface area contributed by atoms with Crippen molar-refractivity contribution in [1.82, 2.24) is 0 Å². The summed E-state index contributed by atoms with van der Waals surface area (Å²) < 4.78 is 10.3. The summed E-state index contributed by atoms with van der Waals surface area (Å²) in [6.07, 6.45) is -0.678. The summed E-state index contributed by atoms with van der Waals surface area (Å²) in [6.45, 7) is 1.91. The van der Waals surface area contributed by atoms with Crippen LogP contribution in [0, 0.1) is 6.92 Å². The molecule has 0 aliphatic heterocycles. The normalized spacial score (nSPS) is 10.1. The first kappa shape index (κ1) is 15.5. The van der Waals surface area contributed by atoms with E-state index in [-0.39, 0.29) is 5.75 Å². The van der Waals surface area contributed by atoms with Crippen LogP contribution in [0.2, 0.25) is 10.0 Å². The van der Waals surface area contributed by atoms with Crippen LogP contribution >= 0.6 is 23.2 Å². The van der Waals surface area contributed by atoms with Gasteiger partial charge in [-0.25, -0.2) is 4.79 Å². The highest BCUT2D eigenvalue weighted by Crippen LogP contribution is 2.29. The van der Waals surface area contributed by atoms with E-state index in [1.807, 2.05) is 13.0 Å². The number of amides is 1. The summed E-state index contributed by atoms with van der Waals surface area (Å²) in [5.74, 6) is 0.725. The van der Waals surface area contributed by atoms with Crippen LogP contribution in [0.25, 0.3) is 0 Å². The number of carbonyl (C=O) groups excluding carboxylic acids is 1. The van der Waals surface area contributed by atoms with Gasteiger partial charge in [-0.05, 0) is 36.8 Å². The molecule has 21 heavy (non-hydrogen) atoms. The number of hydrogen-bond donors (Lipinski definition) is 1. The zero-order valence-electron chi connectivity index (χ0n) is 11.4. The van der Waals surface area contributed by atoms with Crippen LogP contribution in [0.5, 0.6) is 11.5 Å². The number of nitrogens with one attached hydrogen (secondary N) is 1. The van der Waals surface area contributed by atoms with E-state index in [4.69, 9.17) is 32.7 Å². The molecular formula is C15H13Cl2NO3. The Hall–Kier alpha value is -1.91. The fraction of sp³-hybridized carbons (Fsp3) is 0.133. The molecule has 6 heteroatoms. The maximum atomic E-state index is 11.9. The molecule has 0 radical (unpaired) electrons. The van der Waals surface area contributed by atoms with Gasteiger partial charge in [0, 0.05) is 11.1 Å². The monoisotopic (exact) mass is 325 g/mol. The van der Waals surface area contributed by atoms with E-state index in [0.29, 0.717) is 21.5 Å². The lowest BCUT2D eigenvalue weighted by molar-refractivity contribution is 0.215. The highest BCUT2D eigenvalue weighted by atomic mass is 35.5. The van der Waals surface area contributed by atoms with Crippen LogP contribution < -0.4 is 14.8 Å². The first-order valence-electron chi connectivity index (χ1n) is 6.08. The number of benzene rings is 2. The highest BCUT2D eigenvalue weighted by Gasteiger charge is 2.12. The minimum atomic E-state index is -0.678. The second-order valence-corrected chi connectivity index (χ2v) is 5.14. The van der Waals surface area contributed by atoms with Gasteiger partial charge in [-0.3, -0.25) is 5.32 Å². The molecule has 0 aliphatic carbocycles. The molecule has 0 saturated heterocycles. The number of hydrogen-bond acceptors (Lipinski definition) is 3. The number of halogens is 2. The van der Waals surface area contributed by atoms with Crippen LogP contribution in [0.3, 0.4) is 0 Å². The quantitative estimate of drug-likeness (QED) is 0.871. The molecule has 0 saturated carbocycles. The summed E-state index contributed by atoms with van der Waals surface area (Å²) in [4.78, 5) is 11.9. The van der Waals surface area contributed by atoms with Crippen LogP contribution in [0.4, 0.5) is 10.5 Å². The van der Waals surface area contributed by atoms with Crippen molar-refractivity contribution < 1.29 is 14.3 Å². The summed E-state index contributed by atoms with van der Waals surface area (Å²) in [5, 5.41) is 3.33. The number of anilines is 1. The Morgan fingerprint density at radius 2 is 1.86 bits per heavy atom. The maximum absolute atomic E-state index is 11.9. The Morgan fingerprint density at radius 3 is 2.57 bits per heavy atom. The van der Waals surface area contributed by atoms with Crippen molar-refractivity contribution >= 4 is 35.0 Å². The molecule has 110 valence electrons. The van der Waals surface area contributed by atoms with Crippen LogP contribution in [-0.2, 0) is 0 Å². The van der Waals surface area contributed by atoms with Crippen molar-refractivity contribution in [2.45, 2.75) is 6.92 Å². The molecular weight excluding hydrogens is 313 g/mol. The molecule has 0 aliphatic rings. The van der Waals surface area contributed by atoms with Gasteiger partial charge in [0.05, 0.1) is 17.8 Å². The SMILES string of the molecule is COc1ccc(C)cc1NC(=O)Oc1cc(Cl)ccc1Cl. The van der Waals surface area contributed by atoms with E-state index < -0.39 is 6.09 Å². The minimum absolute atomic E-state index is 0.188. The number of methoxy groups -OCH3 is 1. The molecule has 1 amide bonds. The molecule has 0 heterocycles. The molecule has 2 aromatic carbocycles. The standard InChI is InChI=1S/C15H13Cl2NO3/c1-9-3-6-13(20-2)12(7-9)18-15(19)21-14-8-10(16)4-5-11(14)17/h3-8H,1-2H3,(H,18,19). The van der Waals surface area contributed by atoms with Gasteiger partial charge >= 0.3 is 6.09 Å². The predicted molar refractivity (Wildman–Crippen MR) is 83.8 cm³/mol. The van der Waals surface area contributed by atoms with Gasteiger partial charge in [-0.2, -0.15) is 0 Å². The second-order valence-electron chi connectivity index (χ2n) is 4.29. The topological polar surface area (TPSA) is 47.6 Å². The summed E-state index contributed by atoms with van der Waals surface area (Å²) in [5.41, 5.74) is 1.49. The van der Waals surface area contributed by atoms with Gasteiger partial charge in [0.1, 0.15) is 5.75 Å². The molecule has 0 unspecified atom stereocenters. The van der Waals surface area contributed by atoms with Crippen molar-refractivity contribution in [2.75, 3.05) is 12.4 Å². The third kappa shape index (κ3) is 4.03. The maximum Gasteiger partial charge on any atom is 0.417 e. The zero-order chi connectivity index (χ0) is 15.4. The van der Waals surface area contributed by atoms with E-state index in [2.05, 4.69) is 5.32 Å². The van der Waals surface area contributed by atoms with Gasteiger partial charge in [-0.1, -0.05) is 29.3 Å². The molecule has 0 aromatic heterocycles. The molecule has 0 bridgehead atoms. The minimum Gasteiger partial charge on any atom is -0.495 e. The lowest BCUT2D eigenvalue weighted by Gasteiger charge is -2.12. The van der Waals surface area contributed by atoms with Crippen molar-refractivity contribution in [3.8, 4) is 11.5 Å². The Morgan fingerprint density at radius 1 is 1.10 bits per heavy atom. The summed E-state index contributed by atoms with van der Waals surface area (Å²) in [7, 11) is 1.52. The second kappa shape index (κ2) is 6.70. The van der Waals surface area contributed by atoms with Crippen molar-refractivity contribution in [1.29, 1.82) is 0 Å². The number of aryl methyl sites for hydroxylation is 1. The first-order chi connectivity index (χ1) is 9.99. The average Bonchev–Trinajstić information content (AvgIpc) is 2.43. The molecule has 2 aromatic rings. The fourth-order valence-corrected chi connectivity index (χ4v) is 2.03. The van der Waals surface area contributed by atoms with Crippen LogP contribution in [0.15, 0.2) is 36.4 Å². The van der Waals surface area contributed by atoms with Gasteiger partial charge in [0.25, 0.3) is 0 Å². The fourth-order valence-electron chi connectivity index (χ4n) is 1.71. The van der Waals surface area contributed by atoms with Crippen molar-refractivity contribution in [2.24, 2.45) is 0 Å². The van der Waals surface area contributed by atoms with Gasteiger partial charge in [0.2, 0.25) is 0 Å². The molecule has 0 spiro atoms. The van der Waals surface area contributed by atoms with Gasteiger partial charge < -0.3 is 9.47 Å². The summed E-state index contributed by atoms with van der Waals surface area (Å²) >= 11 is 11.8. The Bertz CT molecular complexity index is 674. The number of ether oxygens (including phenoxy) is 2. The Balaban J connectivity index is 2.15. The lowest BCUT2D eigenvalue weighted by atomic mass is 10.2. The van der Waals surface area contributed by atoms with E-state index in [9.17, 15) is 4.79 Å².